The van der Waals surface area contributed by atoms with Gasteiger partial charge in [-0.25, -0.2) is 0 Å². The van der Waals surface area contributed by atoms with Crippen LogP contribution in [0.1, 0.15) is 18.5 Å². The Labute approximate surface area is 118 Å². The topological polar surface area (TPSA) is 50.9 Å². The van der Waals surface area contributed by atoms with Crippen molar-refractivity contribution in [3.63, 3.8) is 0 Å². The summed E-state index contributed by atoms with van der Waals surface area (Å²) in [4.78, 5) is 4.36. The molecular weight excluding hydrogens is 246 g/mol. The highest BCUT2D eigenvalue weighted by Crippen LogP contribution is 2.28. The number of hydrogen-bond acceptors (Lipinski definition) is 3. The summed E-state index contributed by atoms with van der Waals surface area (Å²) in [6.45, 7) is 2.15. The molecule has 0 bridgehead atoms. The molecule has 0 aliphatic carbocycles. The van der Waals surface area contributed by atoms with Gasteiger partial charge in [-0.05, 0) is 24.6 Å². The number of nitrogens with two attached hydrogens (primary N) is 1. The monoisotopic (exact) mass is 263 g/mol. The van der Waals surface area contributed by atoms with Gasteiger partial charge in [0.05, 0.1) is 11.2 Å². The number of anilines is 2. The zero-order valence-electron chi connectivity index (χ0n) is 11.4. The van der Waals surface area contributed by atoms with Crippen molar-refractivity contribution in [1.29, 1.82) is 0 Å². The third-order valence-electron chi connectivity index (χ3n) is 3.47. The summed E-state index contributed by atoms with van der Waals surface area (Å²) >= 11 is 0. The highest BCUT2D eigenvalue weighted by Gasteiger charge is 2.08. The first-order chi connectivity index (χ1) is 9.75. The molecule has 0 amide bonds. The first-order valence-electron chi connectivity index (χ1n) is 6.70. The number of nitrogens with zero attached hydrogens (tertiary/aromatic N) is 1. The average Bonchev–Trinajstić information content (AvgIpc) is 2.49. The number of nitrogen functional groups attached to an aromatic ring is 1. The number of pyridine rings is 1. The van der Waals surface area contributed by atoms with E-state index in [1.165, 1.54) is 5.56 Å². The van der Waals surface area contributed by atoms with E-state index in [0.717, 1.165) is 16.6 Å². The Kier molecular flexibility index (Phi) is 3.25. The third kappa shape index (κ3) is 2.30. The van der Waals surface area contributed by atoms with Gasteiger partial charge in [0.25, 0.3) is 0 Å². The van der Waals surface area contributed by atoms with Gasteiger partial charge in [0.15, 0.2) is 0 Å². The predicted molar refractivity (Wildman–Crippen MR) is 84.6 cm³/mol. The lowest BCUT2D eigenvalue weighted by atomic mass is 10.1. The molecule has 0 aliphatic heterocycles. The number of hydrogen-bond donors (Lipinski definition) is 2. The minimum atomic E-state index is 0.225. The molecule has 20 heavy (non-hydrogen) atoms. The molecule has 0 radical (unpaired) electrons. The first-order valence-corrected chi connectivity index (χ1v) is 6.70. The molecule has 0 saturated heterocycles. The number of benzene rings is 2. The maximum atomic E-state index is 5.98. The van der Waals surface area contributed by atoms with E-state index in [-0.39, 0.29) is 6.04 Å². The number of rotatable bonds is 3. The molecule has 1 aromatic heterocycles. The van der Waals surface area contributed by atoms with Gasteiger partial charge < -0.3 is 11.1 Å². The second kappa shape index (κ2) is 5.21. The smallest absolute Gasteiger partial charge is 0.0951 e. The van der Waals surface area contributed by atoms with Crippen molar-refractivity contribution in [2.45, 2.75) is 13.0 Å². The van der Waals surface area contributed by atoms with E-state index < -0.39 is 0 Å². The number of aromatic nitrogens is 1. The van der Waals surface area contributed by atoms with Crippen molar-refractivity contribution in [1.82, 2.24) is 4.98 Å². The molecule has 3 heteroatoms. The fourth-order valence-corrected chi connectivity index (χ4v) is 2.38. The van der Waals surface area contributed by atoms with Gasteiger partial charge in [0.2, 0.25) is 0 Å². The van der Waals surface area contributed by atoms with Gasteiger partial charge in [0.1, 0.15) is 0 Å². The molecule has 3 N–H and O–H groups in total. The van der Waals surface area contributed by atoms with Crippen LogP contribution >= 0.6 is 0 Å². The molecule has 2 aromatic carbocycles. The summed E-state index contributed by atoms with van der Waals surface area (Å²) in [6.07, 6.45) is 1.79. The third-order valence-corrected chi connectivity index (χ3v) is 3.47. The van der Waals surface area contributed by atoms with Gasteiger partial charge in [-0.15, -0.1) is 0 Å². The zero-order chi connectivity index (χ0) is 13.9. The molecule has 1 atom stereocenters. The van der Waals surface area contributed by atoms with E-state index in [1.54, 1.807) is 6.20 Å². The van der Waals surface area contributed by atoms with Crippen molar-refractivity contribution in [2.75, 3.05) is 11.1 Å². The van der Waals surface area contributed by atoms with E-state index in [4.69, 9.17) is 5.73 Å². The average molecular weight is 263 g/mol. The lowest BCUT2D eigenvalue weighted by Crippen LogP contribution is -2.07. The van der Waals surface area contributed by atoms with Crippen molar-refractivity contribution < 1.29 is 0 Å². The molecule has 1 unspecified atom stereocenters. The Hall–Kier alpha value is -2.55. The molecular formula is C17H17N3. The highest BCUT2D eigenvalue weighted by atomic mass is 14.9. The van der Waals surface area contributed by atoms with Crippen molar-refractivity contribution in [2.24, 2.45) is 0 Å². The number of nitrogens with one attached hydrogen (secondary N) is 1. The van der Waals surface area contributed by atoms with Gasteiger partial charge in [0, 0.05) is 23.3 Å². The van der Waals surface area contributed by atoms with Gasteiger partial charge in [-0.3, -0.25) is 4.98 Å². The highest BCUT2D eigenvalue weighted by molar-refractivity contribution is 5.97. The normalized spacial score (nSPS) is 12.2. The maximum absolute atomic E-state index is 5.98. The van der Waals surface area contributed by atoms with Gasteiger partial charge >= 0.3 is 0 Å². The van der Waals surface area contributed by atoms with Crippen molar-refractivity contribution >= 4 is 22.3 Å². The van der Waals surface area contributed by atoms with Crippen LogP contribution in [0.2, 0.25) is 0 Å². The van der Waals surface area contributed by atoms with Crippen LogP contribution in [0.5, 0.6) is 0 Å². The quantitative estimate of drug-likeness (QED) is 0.702. The van der Waals surface area contributed by atoms with E-state index in [1.807, 2.05) is 30.3 Å². The van der Waals surface area contributed by atoms with E-state index in [0.29, 0.717) is 5.69 Å². The Morgan fingerprint density at radius 1 is 1.00 bits per heavy atom. The standard InChI is InChI=1S/C17H17N3/c1-12(13-6-3-2-4-7-13)20-16-10-11-19-17-14(16)8-5-9-15(17)18/h2-12H,18H2,1H3,(H,19,20). The summed E-state index contributed by atoms with van der Waals surface area (Å²) in [5.74, 6) is 0. The van der Waals surface area contributed by atoms with E-state index >= 15 is 0 Å². The lowest BCUT2D eigenvalue weighted by Gasteiger charge is -2.17. The van der Waals surface area contributed by atoms with Crippen LogP contribution in [0, 0.1) is 0 Å². The minimum absolute atomic E-state index is 0.225. The van der Waals surface area contributed by atoms with Crippen LogP contribution in [0.3, 0.4) is 0 Å². The summed E-state index contributed by atoms with van der Waals surface area (Å²) < 4.78 is 0. The van der Waals surface area contributed by atoms with Crippen LogP contribution in [-0.2, 0) is 0 Å². The summed E-state index contributed by atoms with van der Waals surface area (Å²) in [6, 6.07) is 18.5. The molecule has 0 fully saturated rings. The SMILES string of the molecule is CC(Nc1ccnc2c(N)cccc12)c1ccccc1. The molecule has 3 aromatic rings. The molecule has 3 nitrogen and oxygen atoms in total. The van der Waals surface area contributed by atoms with E-state index in [9.17, 15) is 0 Å². The number of fused-ring (bicyclic) bond motifs is 1. The van der Waals surface area contributed by atoms with Crippen molar-refractivity contribution in [3.8, 4) is 0 Å². The second-order valence-corrected chi connectivity index (χ2v) is 4.88. The molecule has 0 aliphatic rings. The van der Waals surface area contributed by atoms with Crippen LogP contribution in [-0.4, -0.2) is 4.98 Å². The second-order valence-electron chi connectivity index (χ2n) is 4.88. The van der Waals surface area contributed by atoms with Crippen molar-refractivity contribution in [3.05, 3.63) is 66.4 Å². The zero-order valence-corrected chi connectivity index (χ0v) is 11.4. The van der Waals surface area contributed by atoms with Crippen LogP contribution in [0.4, 0.5) is 11.4 Å². The predicted octanol–water partition coefficient (Wildman–Crippen LogP) is 3.99. The molecule has 1 heterocycles. The molecule has 0 saturated carbocycles. The van der Waals surface area contributed by atoms with Crippen LogP contribution in [0.15, 0.2) is 60.8 Å². The van der Waals surface area contributed by atoms with Crippen LogP contribution in [0.25, 0.3) is 10.9 Å². The molecule has 0 spiro atoms. The fourth-order valence-electron chi connectivity index (χ4n) is 2.38. The summed E-state index contributed by atoms with van der Waals surface area (Å²) in [5.41, 5.74) is 9.83. The van der Waals surface area contributed by atoms with Crippen LogP contribution < -0.4 is 11.1 Å². The molecule has 3 rings (SSSR count). The first kappa shape index (κ1) is 12.5. The van der Waals surface area contributed by atoms with Gasteiger partial charge in [-0.2, -0.15) is 0 Å². The Balaban J connectivity index is 1.97. The summed E-state index contributed by atoms with van der Waals surface area (Å²) in [7, 11) is 0. The minimum Gasteiger partial charge on any atom is -0.397 e. The Bertz CT molecular complexity index is 723. The van der Waals surface area contributed by atoms with Gasteiger partial charge in [-0.1, -0.05) is 42.5 Å². The van der Waals surface area contributed by atoms with E-state index in [2.05, 4.69) is 41.5 Å². The maximum Gasteiger partial charge on any atom is 0.0951 e. The lowest BCUT2D eigenvalue weighted by molar-refractivity contribution is 0.886. The summed E-state index contributed by atoms with van der Waals surface area (Å²) in [5, 5.41) is 4.58. The molecule has 100 valence electrons. The number of para-hydroxylation sites is 1. The Morgan fingerprint density at radius 3 is 2.60 bits per heavy atom. The largest absolute Gasteiger partial charge is 0.397 e. The fraction of sp³-hybridized carbons (Fsp3) is 0.118. The Morgan fingerprint density at radius 2 is 1.80 bits per heavy atom.